The number of carboxylic acid groups (broad SMARTS) is 1. The fourth-order valence-electron chi connectivity index (χ4n) is 1.26. The quantitative estimate of drug-likeness (QED) is 0.585. The van der Waals surface area contributed by atoms with Crippen LogP contribution in [0.15, 0.2) is 24.5 Å². The molecule has 0 bridgehead atoms. The van der Waals surface area contributed by atoms with Gasteiger partial charge >= 0.3 is 12.0 Å². The predicted octanol–water partition coefficient (Wildman–Crippen LogP) is -0.113. The minimum Gasteiger partial charge on any atom is -0.479 e. The summed E-state index contributed by atoms with van der Waals surface area (Å²) >= 11 is 0. The number of aliphatic hydroxyl groups is 1. The summed E-state index contributed by atoms with van der Waals surface area (Å²) in [6, 6.07) is 2.74. The Morgan fingerprint density at radius 1 is 1.39 bits per heavy atom. The average Bonchev–Trinajstić information content (AvgIpc) is 2.36. The van der Waals surface area contributed by atoms with E-state index in [1.165, 1.54) is 0 Å². The molecule has 0 aromatic carbocycles. The van der Waals surface area contributed by atoms with Crippen LogP contribution in [0.2, 0.25) is 0 Å². The van der Waals surface area contributed by atoms with Gasteiger partial charge in [0, 0.05) is 12.4 Å². The molecule has 1 heterocycles. The molecule has 0 spiro atoms. The van der Waals surface area contributed by atoms with Crippen molar-refractivity contribution >= 4 is 12.0 Å². The van der Waals surface area contributed by atoms with Crippen LogP contribution >= 0.6 is 0 Å². The Kier molecular flexibility index (Phi) is 5.06. The first-order chi connectivity index (χ1) is 8.50. The van der Waals surface area contributed by atoms with Gasteiger partial charge in [-0.25, -0.2) is 9.59 Å². The van der Waals surface area contributed by atoms with Gasteiger partial charge in [-0.2, -0.15) is 0 Å². The van der Waals surface area contributed by atoms with Crippen LogP contribution in [-0.4, -0.2) is 39.8 Å². The van der Waals surface area contributed by atoms with Gasteiger partial charge in [-0.15, -0.1) is 0 Å². The molecule has 0 aliphatic carbocycles. The molecule has 1 aromatic heterocycles. The van der Waals surface area contributed by atoms with Gasteiger partial charge in [-0.3, -0.25) is 4.98 Å². The number of nitrogens with zero attached hydrogens (tertiary/aromatic N) is 1. The van der Waals surface area contributed by atoms with Crippen LogP contribution < -0.4 is 10.6 Å². The van der Waals surface area contributed by atoms with Gasteiger partial charge in [0.15, 0.2) is 6.10 Å². The fourth-order valence-corrected chi connectivity index (χ4v) is 1.26. The van der Waals surface area contributed by atoms with Crippen molar-refractivity contribution in [3.63, 3.8) is 0 Å². The smallest absolute Gasteiger partial charge is 0.334 e. The lowest BCUT2D eigenvalue weighted by molar-refractivity contribution is -0.146. The second-order valence-corrected chi connectivity index (χ2v) is 3.71. The molecule has 0 aliphatic rings. The number of urea groups is 1. The maximum atomic E-state index is 11.4. The van der Waals surface area contributed by atoms with Crippen molar-refractivity contribution in [3.8, 4) is 0 Å². The zero-order valence-electron chi connectivity index (χ0n) is 9.83. The van der Waals surface area contributed by atoms with Gasteiger partial charge in [-0.05, 0) is 24.6 Å². The number of rotatable bonds is 5. The second-order valence-electron chi connectivity index (χ2n) is 3.71. The highest BCUT2D eigenvalue weighted by molar-refractivity contribution is 5.76. The maximum absolute atomic E-state index is 11.4. The van der Waals surface area contributed by atoms with E-state index < -0.39 is 18.1 Å². The summed E-state index contributed by atoms with van der Waals surface area (Å²) in [7, 11) is 0. The first-order valence-corrected chi connectivity index (χ1v) is 5.36. The van der Waals surface area contributed by atoms with E-state index in [1.54, 1.807) is 31.5 Å². The van der Waals surface area contributed by atoms with Crippen molar-refractivity contribution < 1.29 is 19.8 Å². The lowest BCUT2D eigenvalue weighted by Crippen LogP contribution is -2.42. The van der Waals surface area contributed by atoms with Crippen molar-refractivity contribution in [1.82, 2.24) is 15.6 Å². The number of carboxylic acids is 1. The zero-order valence-corrected chi connectivity index (χ0v) is 9.83. The van der Waals surface area contributed by atoms with Crippen molar-refractivity contribution in [2.24, 2.45) is 0 Å². The highest BCUT2D eigenvalue weighted by Gasteiger charge is 2.15. The van der Waals surface area contributed by atoms with E-state index in [9.17, 15) is 9.59 Å². The van der Waals surface area contributed by atoms with Gasteiger partial charge in [0.2, 0.25) is 0 Å². The minimum absolute atomic E-state index is 0.241. The van der Waals surface area contributed by atoms with Crippen molar-refractivity contribution in [3.05, 3.63) is 30.1 Å². The van der Waals surface area contributed by atoms with E-state index in [-0.39, 0.29) is 12.6 Å². The third-order valence-corrected chi connectivity index (χ3v) is 2.29. The molecule has 7 heteroatoms. The summed E-state index contributed by atoms with van der Waals surface area (Å²) in [6.07, 6.45) is 1.62. The molecule has 2 atom stereocenters. The van der Waals surface area contributed by atoms with E-state index in [1.807, 2.05) is 0 Å². The van der Waals surface area contributed by atoms with Crippen LogP contribution in [0.5, 0.6) is 0 Å². The second kappa shape index (κ2) is 6.55. The molecule has 7 nitrogen and oxygen atoms in total. The molecule has 18 heavy (non-hydrogen) atoms. The highest BCUT2D eigenvalue weighted by Crippen LogP contribution is 2.09. The van der Waals surface area contributed by atoms with Gasteiger partial charge in [0.05, 0.1) is 12.6 Å². The molecule has 2 unspecified atom stereocenters. The van der Waals surface area contributed by atoms with Gasteiger partial charge < -0.3 is 20.8 Å². The number of hydrogen-bond donors (Lipinski definition) is 4. The van der Waals surface area contributed by atoms with E-state index in [0.717, 1.165) is 5.56 Å². The van der Waals surface area contributed by atoms with Crippen molar-refractivity contribution in [1.29, 1.82) is 0 Å². The summed E-state index contributed by atoms with van der Waals surface area (Å²) < 4.78 is 0. The lowest BCUT2D eigenvalue weighted by atomic mass is 10.1. The number of aromatic nitrogens is 1. The number of amides is 2. The lowest BCUT2D eigenvalue weighted by Gasteiger charge is -2.15. The molecular weight excluding hydrogens is 238 g/mol. The first kappa shape index (κ1) is 13.9. The summed E-state index contributed by atoms with van der Waals surface area (Å²) in [4.78, 5) is 25.6. The van der Waals surface area contributed by atoms with Gasteiger partial charge in [-0.1, -0.05) is 0 Å². The van der Waals surface area contributed by atoms with Gasteiger partial charge in [0.25, 0.3) is 0 Å². The maximum Gasteiger partial charge on any atom is 0.334 e. The molecule has 0 radical (unpaired) electrons. The highest BCUT2D eigenvalue weighted by atomic mass is 16.4. The van der Waals surface area contributed by atoms with Crippen molar-refractivity contribution in [2.75, 3.05) is 6.54 Å². The Balaban J connectivity index is 2.39. The average molecular weight is 253 g/mol. The molecule has 0 saturated carbocycles. The van der Waals surface area contributed by atoms with Crippen LogP contribution in [-0.2, 0) is 4.79 Å². The number of carbonyl (C=O) groups is 2. The number of nitrogens with one attached hydrogen (secondary N) is 2. The summed E-state index contributed by atoms with van der Waals surface area (Å²) in [5, 5.41) is 22.3. The van der Waals surface area contributed by atoms with Gasteiger partial charge in [0.1, 0.15) is 0 Å². The van der Waals surface area contributed by atoms with Crippen molar-refractivity contribution in [2.45, 2.75) is 19.1 Å². The standard InChI is InChI=1S/C11H15N3O4/c1-7(8-2-4-12-5-3-8)14-11(18)13-6-9(15)10(16)17/h2-5,7,9,15H,6H2,1H3,(H,16,17)(H2,13,14,18). The number of carbonyl (C=O) groups excluding carboxylic acids is 1. The number of hydrogen-bond acceptors (Lipinski definition) is 4. The van der Waals surface area contributed by atoms with Crippen LogP contribution in [0.3, 0.4) is 0 Å². The normalized spacial score (nSPS) is 13.4. The van der Waals surface area contributed by atoms with E-state index in [4.69, 9.17) is 10.2 Å². The topological polar surface area (TPSA) is 112 Å². The Morgan fingerprint density at radius 2 is 2.00 bits per heavy atom. The summed E-state index contributed by atoms with van der Waals surface area (Å²) in [5.41, 5.74) is 0.874. The Hall–Kier alpha value is -2.15. The Bertz CT molecular complexity index is 410. The summed E-state index contributed by atoms with van der Waals surface area (Å²) in [5.74, 6) is -1.38. The molecule has 0 saturated heterocycles. The predicted molar refractivity (Wildman–Crippen MR) is 62.8 cm³/mol. The van der Waals surface area contributed by atoms with E-state index in [2.05, 4.69) is 15.6 Å². The third-order valence-electron chi connectivity index (χ3n) is 2.29. The number of pyridine rings is 1. The fraction of sp³-hybridized carbons (Fsp3) is 0.364. The van der Waals surface area contributed by atoms with E-state index >= 15 is 0 Å². The largest absolute Gasteiger partial charge is 0.479 e. The number of aliphatic carboxylic acids is 1. The van der Waals surface area contributed by atoms with Crippen LogP contribution in [0.25, 0.3) is 0 Å². The molecule has 1 aromatic rings. The van der Waals surface area contributed by atoms with Crippen LogP contribution in [0.4, 0.5) is 4.79 Å². The molecular formula is C11H15N3O4. The molecule has 2 amide bonds. The monoisotopic (exact) mass is 253 g/mol. The SMILES string of the molecule is CC(NC(=O)NCC(O)C(=O)O)c1ccncc1. The molecule has 0 aliphatic heterocycles. The Labute approximate surface area is 104 Å². The first-order valence-electron chi connectivity index (χ1n) is 5.36. The zero-order chi connectivity index (χ0) is 13.5. The van der Waals surface area contributed by atoms with E-state index in [0.29, 0.717) is 0 Å². The summed E-state index contributed by atoms with van der Waals surface area (Å²) in [6.45, 7) is 1.44. The Morgan fingerprint density at radius 3 is 2.56 bits per heavy atom. The van der Waals surface area contributed by atoms with Crippen LogP contribution in [0, 0.1) is 0 Å². The minimum atomic E-state index is -1.60. The molecule has 1 rings (SSSR count). The molecule has 98 valence electrons. The third kappa shape index (κ3) is 4.38. The van der Waals surface area contributed by atoms with Crippen LogP contribution in [0.1, 0.15) is 18.5 Å². The molecule has 0 fully saturated rings. The number of aliphatic hydroxyl groups excluding tert-OH is 1. The molecule has 4 N–H and O–H groups in total.